The minimum absolute atomic E-state index is 0.0271. The van der Waals surface area contributed by atoms with E-state index in [0.717, 1.165) is 17.5 Å². The summed E-state index contributed by atoms with van der Waals surface area (Å²) in [7, 11) is -2.99. The number of nitrogens with zero attached hydrogens (tertiary/aromatic N) is 1. The van der Waals surface area contributed by atoms with Crippen LogP contribution in [0.25, 0.3) is 0 Å². The number of hydrogen-bond acceptors (Lipinski definition) is 5. The fourth-order valence-electron chi connectivity index (χ4n) is 1.96. The lowest BCUT2D eigenvalue weighted by Gasteiger charge is -2.25. The van der Waals surface area contributed by atoms with Gasteiger partial charge >= 0.3 is 11.9 Å². The summed E-state index contributed by atoms with van der Waals surface area (Å²) >= 11 is 6.01. The summed E-state index contributed by atoms with van der Waals surface area (Å²) in [6.45, 7) is 3.90. The Balaban J connectivity index is 3.55. The summed E-state index contributed by atoms with van der Waals surface area (Å²) in [4.78, 5) is 22.4. The van der Waals surface area contributed by atoms with E-state index in [1.165, 1.54) is 13.0 Å². The van der Waals surface area contributed by atoms with Gasteiger partial charge in [0.05, 0.1) is 17.6 Å². The minimum Gasteiger partial charge on any atom is -0.480 e. The largest absolute Gasteiger partial charge is 0.480 e. The number of rotatable bonds is 6. The molecule has 0 amide bonds. The Kier molecular flexibility index (Phi) is 6.15. The fraction of sp³-hybridized carbons (Fsp3) is 0.429. The third-order valence-corrected chi connectivity index (χ3v) is 5.71. The van der Waals surface area contributed by atoms with Crippen LogP contribution in [0.3, 0.4) is 0 Å². The summed E-state index contributed by atoms with van der Waals surface area (Å²) in [5, 5.41) is 9.02. The molecule has 0 atom stereocenters. The smallest absolute Gasteiger partial charge is 0.337 e. The molecule has 0 heterocycles. The van der Waals surface area contributed by atoms with Gasteiger partial charge in [0.15, 0.2) is 0 Å². The SMILES string of the molecule is COC(=O)c1cc(Cl)c(C)c(S(=O)(=O)N(CC(=O)O)C(C)C)c1. The van der Waals surface area contributed by atoms with Gasteiger partial charge in [-0.15, -0.1) is 0 Å². The third-order valence-electron chi connectivity index (χ3n) is 3.17. The molecule has 1 aromatic rings. The second-order valence-corrected chi connectivity index (χ2v) is 7.38. The van der Waals surface area contributed by atoms with Crippen LogP contribution in [0.15, 0.2) is 17.0 Å². The number of sulfonamides is 1. The highest BCUT2D eigenvalue weighted by molar-refractivity contribution is 7.89. The Labute approximate surface area is 139 Å². The number of carboxylic acids is 1. The normalized spacial score (nSPS) is 11.8. The van der Waals surface area contributed by atoms with Gasteiger partial charge in [-0.3, -0.25) is 4.79 Å². The second-order valence-electron chi connectivity index (χ2n) is 5.11. The molecule has 0 aliphatic carbocycles. The number of esters is 1. The van der Waals surface area contributed by atoms with Crippen molar-refractivity contribution in [3.63, 3.8) is 0 Å². The lowest BCUT2D eigenvalue weighted by Crippen LogP contribution is -2.40. The van der Waals surface area contributed by atoms with Crippen molar-refractivity contribution in [1.82, 2.24) is 4.31 Å². The van der Waals surface area contributed by atoms with Gasteiger partial charge in [-0.1, -0.05) is 11.6 Å². The molecular weight excluding hydrogens is 346 g/mol. The van der Waals surface area contributed by atoms with Crippen molar-refractivity contribution in [3.05, 3.63) is 28.3 Å². The zero-order valence-corrected chi connectivity index (χ0v) is 14.7. The molecule has 0 saturated carbocycles. The van der Waals surface area contributed by atoms with E-state index < -0.39 is 34.5 Å². The Bertz CT molecular complexity index is 729. The van der Waals surface area contributed by atoms with E-state index in [1.807, 2.05) is 0 Å². The van der Waals surface area contributed by atoms with Crippen molar-refractivity contribution in [2.24, 2.45) is 0 Å². The van der Waals surface area contributed by atoms with E-state index in [0.29, 0.717) is 0 Å². The molecule has 0 aliphatic heterocycles. The molecule has 0 aromatic heterocycles. The van der Waals surface area contributed by atoms with Crippen LogP contribution in [-0.2, 0) is 19.6 Å². The average molecular weight is 364 g/mol. The van der Waals surface area contributed by atoms with Gasteiger partial charge < -0.3 is 9.84 Å². The summed E-state index contributed by atoms with van der Waals surface area (Å²) in [5.74, 6) is -2.02. The Hall–Kier alpha value is -1.64. The van der Waals surface area contributed by atoms with Gasteiger partial charge in [0.2, 0.25) is 10.0 Å². The molecule has 0 saturated heterocycles. The summed E-state index contributed by atoms with van der Waals surface area (Å²) in [6, 6.07) is 1.86. The predicted molar refractivity (Wildman–Crippen MR) is 84.2 cm³/mol. The van der Waals surface area contributed by atoms with Crippen LogP contribution in [-0.4, -0.2) is 49.5 Å². The van der Waals surface area contributed by atoms with Gasteiger partial charge in [-0.2, -0.15) is 4.31 Å². The van der Waals surface area contributed by atoms with Crippen molar-refractivity contribution < 1.29 is 27.9 Å². The molecule has 0 radical (unpaired) electrons. The fourth-order valence-corrected chi connectivity index (χ4v) is 4.10. The monoisotopic (exact) mass is 363 g/mol. The lowest BCUT2D eigenvalue weighted by atomic mass is 10.1. The van der Waals surface area contributed by atoms with E-state index in [1.54, 1.807) is 13.8 Å². The van der Waals surface area contributed by atoms with E-state index in [9.17, 15) is 18.0 Å². The zero-order chi connectivity index (χ0) is 17.9. The molecule has 0 unspecified atom stereocenters. The summed E-state index contributed by atoms with van der Waals surface area (Å²) in [5.41, 5.74) is 0.205. The van der Waals surface area contributed by atoms with Crippen molar-refractivity contribution >= 4 is 33.6 Å². The van der Waals surface area contributed by atoms with E-state index in [-0.39, 0.29) is 21.0 Å². The number of aliphatic carboxylic acids is 1. The molecule has 0 aliphatic rings. The molecule has 7 nitrogen and oxygen atoms in total. The molecular formula is C14H18ClNO6S. The number of ether oxygens (including phenoxy) is 1. The second kappa shape index (κ2) is 7.29. The third kappa shape index (κ3) is 4.21. The molecule has 1 N–H and O–H groups in total. The molecule has 128 valence electrons. The minimum atomic E-state index is -4.15. The average Bonchev–Trinajstić information content (AvgIpc) is 2.45. The molecule has 9 heteroatoms. The van der Waals surface area contributed by atoms with E-state index in [2.05, 4.69) is 4.74 Å². The molecule has 1 aromatic carbocycles. The van der Waals surface area contributed by atoms with Crippen LogP contribution in [0.4, 0.5) is 0 Å². The number of hydrogen-bond donors (Lipinski definition) is 1. The molecule has 0 fully saturated rings. The number of methoxy groups -OCH3 is 1. The Morgan fingerprint density at radius 3 is 2.35 bits per heavy atom. The standard InChI is InChI=1S/C14H18ClNO6S/c1-8(2)16(7-13(17)18)23(20,21)12-6-10(14(19)22-4)5-11(15)9(12)3/h5-6,8H,7H2,1-4H3,(H,17,18). The van der Waals surface area contributed by atoms with Crippen molar-refractivity contribution in [2.45, 2.75) is 31.7 Å². The highest BCUT2D eigenvalue weighted by Crippen LogP contribution is 2.29. The highest BCUT2D eigenvalue weighted by Gasteiger charge is 2.31. The van der Waals surface area contributed by atoms with Crippen LogP contribution >= 0.6 is 11.6 Å². The van der Waals surface area contributed by atoms with Gasteiger partial charge in [0.1, 0.15) is 6.54 Å². The molecule has 0 spiro atoms. The first-order valence-electron chi connectivity index (χ1n) is 6.64. The molecule has 23 heavy (non-hydrogen) atoms. The quantitative estimate of drug-likeness (QED) is 0.775. The first kappa shape index (κ1) is 19.4. The van der Waals surface area contributed by atoms with Crippen LogP contribution in [0.2, 0.25) is 5.02 Å². The lowest BCUT2D eigenvalue weighted by molar-refractivity contribution is -0.137. The van der Waals surface area contributed by atoms with Crippen LogP contribution < -0.4 is 0 Å². The first-order chi connectivity index (χ1) is 10.5. The van der Waals surface area contributed by atoms with Crippen molar-refractivity contribution in [1.29, 1.82) is 0 Å². The van der Waals surface area contributed by atoms with E-state index in [4.69, 9.17) is 16.7 Å². The first-order valence-corrected chi connectivity index (χ1v) is 8.46. The topological polar surface area (TPSA) is 101 Å². The number of carbonyl (C=O) groups excluding carboxylic acids is 1. The summed E-state index contributed by atoms with van der Waals surface area (Å²) < 4.78 is 31.0. The predicted octanol–water partition coefficient (Wildman–Crippen LogP) is 1.92. The van der Waals surface area contributed by atoms with Crippen LogP contribution in [0, 0.1) is 6.92 Å². The zero-order valence-electron chi connectivity index (χ0n) is 13.2. The molecule has 1 rings (SSSR count). The van der Waals surface area contributed by atoms with E-state index >= 15 is 0 Å². The van der Waals surface area contributed by atoms with Gasteiger partial charge in [0.25, 0.3) is 0 Å². The maximum absolute atomic E-state index is 12.8. The summed E-state index contributed by atoms with van der Waals surface area (Å²) in [6.07, 6.45) is 0. The number of halogens is 1. The van der Waals surface area contributed by atoms with Crippen molar-refractivity contribution in [3.8, 4) is 0 Å². The molecule has 0 bridgehead atoms. The Morgan fingerprint density at radius 2 is 1.91 bits per heavy atom. The van der Waals surface area contributed by atoms with Gasteiger partial charge in [-0.05, 0) is 38.5 Å². The van der Waals surface area contributed by atoms with Gasteiger partial charge in [0, 0.05) is 11.1 Å². The number of carbonyl (C=O) groups is 2. The maximum atomic E-state index is 12.8. The Morgan fingerprint density at radius 1 is 1.35 bits per heavy atom. The number of benzene rings is 1. The number of carboxylic acid groups (broad SMARTS) is 1. The highest BCUT2D eigenvalue weighted by atomic mass is 35.5. The maximum Gasteiger partial charge on any atom is 0.337 e. The van der Waals surface area contributed by atoms with Crippen LogP contribution in [0.5, 0.6) is 0 Å². The van der Waals surface area contributed by atoms with Gasteiger partial charge in [-0.25, -0.2) is 13.2 Å². The van der Waals surface area contributed by atoms with Crippen LogP contribution in [0.1, 0.15) is 29.8 Å². The van der Waals surface area contributed by atoms with Crippen molar-refractivity contribution in [2.75, 3.05) is 13.7 Å².